The smallest absolute Gasteiger partial charge is 0.253 e. The van der Waals surface area contributed by atoms with Crippen LogP contribution in [0.2, 0.25) is 10.0 Å². The molecule has 0 saturated heterocycles. The first kappa shape index (κ1) is 15.9. The van der Waals surface area contributed by atoms with Crippen LogP contribution in [0.25, 0.3) is 16.8 Å². The van der Waals surface area contributed by atoms with Crippen LogP contribution in [-0.2, 0) is 0 Å². The third-order valence-corrected chi connectivity index (χ3v) is 4.60. The molecule has 0 radical (unpaired) electrons. The Labute approximate surface area is 152 Å². The molecule has 0 aliphatic carbocycles. The fourth-order valence-electron chi connectivity index (χ4n) is 2.59. The van der Waals surface area contributed by atoms with E-state index in [0.29, 0.717) is 39.0 Å². The molecule has 4 rings (SSSR count). The van der Waals surface area contributed by atoms with Crippen molar-refractivity contribution in [3.8, 4) is 11.5 Å². The van der Waals surface area contributed by atoms with Crippen LogP contribution >= 0.6 is 23.2 Å². The van der Waals surface area contributed by atoms with Crippen LogP contribution in [0.4, 0.5) is 11.6 Å². The summed E-state index contributed by atoms with van der Waals surface area (Å²) in [6, 6.07) is 8.97. The van der Waals surface area contributed by atoms with Gasteiger partial charge in [-0.1, -0.05) is 29.3 Å². The lowest BCUT2D eigenvalue weighted by atomic mass is 10.3. The Morgan fingerprint density at radius 2 is 1.84 bits per heavy atom. The second-order valence-corrected chi connectivity index (χ2v) is 6.03. The number of H-pyrrole nitrogens is 1. The maximum atomic E-state index is 6.19. The third-order valence-electron chi connectivity index (χ3n) is 3.78. The van der Waals surface area contributed by atoms with E-state index in [1.807, 2.05) is 12.1 Å². The zero-order chi connectivity index (χ0) is 17.6. The average molecular weight is 378 g/mol. The highest BCUT2D eigenvalue weighted by Crippen LogP contribution is 2.33. The lowest BCUT2D eigenvalue weighted by molar-refractivity contribution is 0.355. The van der Waals surface area contributed by atoms with Crippen LogP contribution in [-0.4, -0.2) is 33.8 Å². The van der Waals surface area contributed by atoms with Gasteiger partial charge in [-0.3, -0.25) is 5.10 Å². The minimum atomic E-state index is 0.425. The summed E-state index contributed by atoms with van der Waals surface area (Å²) in [5.74, 6) is 2.22. The van der Waals surface area contributed by atoms with Gasteiger partial charge < -0.3 is 14.8 Å². The molecule has 0 atom stereocenters. The Hall–Kier alpha value is -2.64. The van der Waals surface area contributed by atoms with Gasteiger partial charge in [-0.2, -0.15) is 4.98 Å². The van der Waals surface area contributed by atoms with Gasteiger partial charge in [-0.25, -0.2) is 9.50 Å². The van der Waals surface area contributed by atoms with Crippen molar-refractivity contribution in [3.63, 3.8) is 0 Å². The van der Waals surface area contributed by atoms with Crippen molar-refractivity contribution in [2.75, 3.05) is 19.5 Å². The minimum Gasteiger partial charge on any atom is -0.493 e. The summed E-state index contributed by atoms with van der Waals surface area (Å²) in [5, 5.41) is 7.13. The summed E-state index contributed by atoms with van der Waals surface area (Å²) in [6.45, 7) is 0. The van der Waals surface area contributed by atoms with Gasteiger partial charge >= 0.3 is 0 Å². The summed E-state index contributed by atoms with van der Waals surface area (Å²) in [6.07, 6.45) is 0. The maximum absolute atomic E-state index is 6.19. The number of rotatable bonds is 4. The van der Waals surface area contributed by atoms with Gasteiger partial charge in [0, 0.05) is 12.1 Å². The fraction of sp³-hybridized carbons (Fsp3) is 0.125. The average Bonchev–Trinajstić information content (AvgIpc) is 3.14. The Balaban J connectivity index is 1.79. The molecule has 0 aliphatic rings. The number of ether oxygens (including phenoxy) is 2. The molecule has 0 saturated carbocycles. The minimum absolute atomic E-state index is 0.425. The third kappa shape index (κ3) is 2.61. The molecule has 0 fully saturated rings. The Kier molecular flexibility index (Phi) is 3.82. The second-order valence-electron chi connectivity index (χ2n) is 5.24. The lowest BCUT2D eigenvalue weighted by Gasteiger charge is -2.07. The predicted octanol–water partition coefficient (Wildman–Crippen LogP) is 4.28. The van der Waals surface area contributed by atoms with Gasteiger partial charge in [0.1, 0.15) is 0 Å². The highest BCUT2D eigenvalue weighted by Gasteiger charge is 2.15. The molecule has 2 aromatic heterocycles. The zero-order valence-electron chi connectivity index (χ0n) is 13.3. The summed E-state index contributed by atoms with van der Waals surface area (Å²) in [4.78, 5) is 8.92. The molecule has 25 heavy (non-hydrogen) atoms. The van der Waals surface area contributed by atoms with Crippen LogP contribution in [0, 0.1) is 0 Å². The number of fused-ring (bicyclic) bond motifs is 3. The lowest BCUT2D eigenvalue weighted by Crippen LogP contribution is -1.95. The molecular weight excluding hydrogens is 365 g/mol. The van der Waals surface area contributed by atoms with Gasteiger partial charge in [0.2, 0.25) is 5.95 Å². The Morgan fingerprint density at radius 3 is 2.60 bits per heavy atom. The summed E-state index contributed by atoms with van der Waals surface area (Å²) in [5.41, 5.74) is 2.20. The van der Waals surface area contributed by atoms with E-state index in [9.17, 15) is 0 Å². The first-order valence-corrected chi connectivity index (χ1v) is 8.07. The summed E-state index contributed by atoms with van der Waals surface area (Å²) < 4.78 is 12.4. The van der Waals surface area contributed by atoms with E-state index in [1.54, 1.807) is 36.9 Å². The SMILES string of the molecule is COc1cc2nc3nc(Nc4cccc(Cl)c4Cl)[nH]n3c2cc1OC. The quantitative estimate of drug-likeness (QED) is 0.554. The summed E-state index contributed by atoms with van der Waals surface area (Å²) >= 11 is 12.2. The first-order chi connectivity index (χ1) is 12.1. The molecule has 0 amide bonds. The standard InChI is InChI=1S/C16H13Cl2N5O2/c1-24-12-6-10-11(7-13(12)25-2)23-16(20-10)21-15(22-23)19-9-5-3-4-8(17)14(9)18/h3-7H,1-2H3,(H2,19,20,21,22). The molecule has 0 bridgehead atoms. The number of nitrogens with zero attached hydrogens (tertiary/aromatic N) is 3. The normalized spacial score (nSPS) is 11.2. The van der Waals surface area contributed by atoms with Crippen LogP contribution in [0.5, 0.6) is 11.5 Å². The topological polar surface area (TPSA) is 76.5 Å². The molecule has 128 valence electrons. The van der Waals surface area contributed by atoms with E-state index in [0.717, 1.165) is 11.0 Å². The van der Waals surface area contributed by atoms with E-state index in [-0.39, 0.29) is 0 Å². The highest BCUT2D eigenvalue weighted by molar-refractivity contribution is 6.43. The first-order valence-electron chi connectivity index (χ1n) is 7.32. The van der Waals surface area contributed by atoms with Crippen molar-refractivity contribution in [2.45, 2.75) is 0 Å². The summed E-state index contributed by atoms with van der Waals surface area (Å²) in [7, 11) is 3.17. The van der Waals surface area contributed by atoms with E-state index < -0.39 is 0 Å². The zero-order valence-corrected chi connectivity index (χ0v) is 14.8. The molecule has 4 aromatic rings. The monoisotopic (exact) mass is 377 g/mol. The highest BCUT2D eigenvalue weighted by atomic mass is 35.5. The number of halogens is 2. The number of hydrogen-bond acceptors (Lipinski definition) is 5. The van der Waals surface area contributed by atoms with Crippen molar-refractivity contribution in [3.05, 3.63) is 40.4 Å². The molecule has 7 nitrogen and oxygen atoms in total. The van der Waals surface area contributed by atoms with E-state index >= 15 is 0 Å². The largest absolute Gasteiger partial charge is 0.493 e. The van der Waals surface area contributed by atoms with E-state index in [1.165, 1.54) is 0 Å². The van der Waals surface area contributed by atoms with Gasteiger partial charge in [-0.05, 0) is 12.1 Å². The van der Waals surface area contributed by atoms with Crippen LogP contribution in [0.15, 0.2) is 30.3 Å². The molecule has 0 spiro atoms. The van der Waals surface area contributed by atoms with Gasteiger partial charge in [-0.15, -0.1) is 0 Å². The van der Waals surface area contributed by atoms with E-state index in [2.05, 4.69) is 20.4 Å². The van der Waals surface area contributed by atoms with Gasteiger partial charge in [0.15, 0.2) is 11.5 Å². The number of aromatic amines is 1. The van der Waals surface area contributed by atoms with E-state index in [4.69, 9.17) is 32.7 Å². The Morgan fingerprint density at radius 1 is 1.08 bits per heavy atom. The predicted molar refractivity (Wildman–Crippen MR) is 97.7 cm³/mol. The number of nitrogens with one attached hydrogen (secondary N) is 2. The molecule has 2 heterocycles. The number of benzene rings is 2. The van der Waals surface area contributed by atoms with Crippen molar-refractivity contribution >= 4 is 51.6 Å². The molecular formula is C16H13Cl2N5O2. The molecule has 2 N–H and O–H groups in total. The second kappa shape index (κ2) is 6.02. The Bertz CT molecular complexity index is 1090. The van der Waals surface area contributed by atoms with Crippen LogP contribution < -0.4 is 14.8 Å². The number of anilines is 2. The maximum Gasteiger partial charge on any atom is 0.253 e. The molecule has 2 aromatic carbocycles. The number of methoxy groups -OCH3 is 2. The van der Waals surface area contributed by atoms with Crippen LogP contribution in [0.1, 0.15) is 0 Å². The van der Waals surface area contributed by atoms with Gasteiger partial charge in [0.25, 0.3) is 5.78 Å². The molecule has 9 heteroatoms. The fourth-order valence-corrected chi connectivity index (χ4v) is 2.94. The van der Waals surface area contributed by atoms with Gasteiger partial charge in [0.05, 0.1) is 41.0 Å². The molecule has 0 aliphatic heterocycles. The van der Waals surface area contributed by atoms with Crippen molar-refractivity contribution in [2.24, 2.45) is 0 Å². The number of hydrogen-bond donors (Lipinski definition) is 2. The number of imidazole rings is 1. The van der Waals surface area contributed by atoms with Crippen molar-refractivity contribution in [1.82, 2.24) is 19.6 Å². The van der Waals surface area contributed by atoms with Crippen molar-refractivity contribution in [1.29, 1.82) is 0 Å². The number of aromatic nitrogens is 4. The van der Waals surface area contributed by atoms with Crippen LogP contribution in [0.3, 0.4) is 0 Å². The van der Waals surface area contributed by atoms with Crippen molar-refractivity contribution < 1.29 is 9.47 Å². The molecule has 0 unspecified atom stereocenters.